The quantitative estimate of drug-likeness (QED) is 0.771. The lowest BCUT2D eigenvalue weighted by Gasteiger charge is -2.15. The minimum absolute atomic E-state index is 0.244. The molecule has 1 unspecified atom stereocenters. The van der Waals surface area contributed by atoms with Crippen LogP contribution in [0.4, 0.5) is 0 Å². The van der Waals surface area contributed by atoms with Gasteiger partial charge in [0.1, 0.15) is 0 Å². The average molecular weight is 263 g/mol. The molecule has 2 heterocycles. The van der Waals surface area contributed by atoms with Crippen molar-refractivity contribution in [1.29, 1.82) is 0 Å². The molecular formula is C17H17N3. The van der Waals surface area contributed by atoms with Gasteiger partial charge in [0.25, 0.3) is 0 Å². The first-order chi connectivity index (χ1) is 9.66. The normalized spacial score (nSPS) is 12.6. The topological polar surface area (TPSA) is 51.8 Å². The van der Waals surface area contributed by atoms with Gasteiger partial charge in [0, 0.05) is 17.8 Å². The molecule has 2 aromatic heterocycles. The molecule has 0 amide bonds. The van der Waals surface area contributed by atoms with E-state index in [1.54, 1.807) is 6.20 Å². The summed E-state index contributed by atoms with van der Waals surface area (Å²) in [5, 5.41) is 1.17. The van der Waals surface area contributed by atoms with Gasteiger partial charge >= 0.3 is 0 Å². The van der Waals surface area contributed by atoms with Crippen LogP contribution in [0.1, 0.15) is 28.4 Å². The molecule has 0 saturated heterocycles. The Labute approximate surface area is 118 Å². The molecule has 1 atom stereocenters. The number of hydrogen-bond donors (Lipinski definition) is 1. The molecule has 0 aliphatic rings. The molecule has 0 aliphatic heterocycles. The third kappa shape index (κ3) is 2.17. The molecule has 0 saturated carbocycles. The molecule has 20 heavy (non-hydrogen) atoms. The number of nitrogens with zero attached hydrogens (tertiary/aromatic N) is 2. The SMILES string of the molecule is Cc1ccncc1C(N)c1cc(C)c2ccccc2n1. The van der Waals surface area contributed by atoms with Crippen LogP contribution in [0.15, 0.2) is 48.8 Å². The highest BCUT2D eigenvalue weighted by molar-refractivity contribution is 5.82. The lowest BCUT2D eigenvalue weighted by molar-refractivity contribution is 0.819. The highest BCUT2D eigenvalue weighted by atomic mass is 14.8. The van der Waals surface area contributed by atoms with Gasteiger partial charge in [0.15, 0.2) is 0 Å². The van der Waals surface area contributed by atoms with Crippen molar-refractivity contribution in [3.8, 4) is 0 Å². The summed E-state index contributed by atoms with van der Waals surface area (Å²) in [4.78, 5) is 8.87. The molecular weight excluding hydrogens is 246 g/mol. The molecule has 3 nitrogen and oxygen atoms in total. The first kappa shape index (κ1) is 12.8. The lowest BCUT2D eigenvalue weighted by Crippen LogP contribution is -2.15. The number of aromatic nitrogens is 2. The molecule has 2 N–H and O–H groups in total. The van der Waals surface area contributed by atoms with Gasteiger partial charge in [-0.15, -0.1) is 0 Å². The summed E-state index contributed by atoms with van der Waals surface area (Å²) >= 11 is 0. The van der Waals surface area contributed by atoms with Crippen molar-refractivity contribution in [2.45, 2.75) is 19.9 Å². The third-order valence-corrected chi connectivity index (χ3v) is 3.68. The van der Waals surface area contributed by atoms with Crippen LogP contribution < -0.4 is 5.73 Å². The Morgan fingerprint density at radius 2 is 1.85 bits per heavy atom. The van der Waals surface area contributed by atoms with Gasteiger partial charge in [-0.3, -0.25) is 9.97 Å². The standard InChI is InChI=1S/C17H17N3/c1-11-7-8-19-10-14(11)17(18)16-9-12(2)13-5-3-4-6-15(13)20-16/h3-10,17H,18H2,1-2H3. The van der Waals surface area contributed by atoms with Crippen molar-refractivity contribution in [1.82, 2.24) is 9.97 Å². The predicted molar refractivity (Wildman–Crippen MR) is 81.5 cm³/mol. The van der Waals surface area contributed by atoms with Gasteiger partial charge in [-0.1, -0.05) is 18.2 Å². The Morgan fingerprint density at radius 3 is 2.65 bits per heavy atom. The number of aryl methyl sites for hydroxylation is 2. The van der Waals surface area contributed by atoms with E-state index in [0.29, 0.717) is 0 Å². The fourth-order valence-corrected chi connectivity index (χ4v) is 2.50. The molecule has 0 radical (unpaired) electrons. The van der Waals surface area contributed by atoms with E-state index >= 15 is 0 Å². The zero-order valence-electron chi connectivity index (χ0n) is 11.7. The van der Waals surface area contributed by atoms with Crippen LogP contribution in [0.3, 0.4) is 0 Å². The van der Waals surface area contributed by atoms with Crippen molar-refractivity contribution < 1.29 is 0 Å². The number of benzene rings is 1. The number of nitrogens with two attached hydrogens (primary N) is 1. The van der Waals surface area contributed by atoms with Gasteiger partial charge in [-0.2, -0.15) is 0 Å². The van der Waals surface area contributed by atoms with Crippen molar-refractivity contribution in [3.05, 3.63) is 71.2 Å². The zero-order chi connectivity index (χ0) is 14.1. The monoisotopic (exact) mass is 263 g/mol. The number of rotatable bonds is 2. The number of hydrogen-bond acceptors (Lipinski definition) is 3. The maximum Gasteiger partial charge on any atom is 0.0744 e. The molecule has 0 bridgehead atoms. The van der Waals surface area contributed by atoms with Crippen LogP contribution >= 0.6 is 0 Å². The van der Waals surface area contributed by atoms with E-state index in [0.717, 1.165) is 22.3 Å². The van der Waals surface area contributed by atoms with Crippen LogP contribution in [-0.2, 0) is 0 Å². The first-order valence-electron chi connectivity index (χ1n) is 6.69. The molecule has 0 spiro atoms. The van der Waals surface area contributed by atoms with E-state index < -0.39 is 0 Å². The van der Waals surface area contributed by atoms with Crippen LogP contribution in [-0.4, -0.2) is 9.97 Å². The number of para-hydroxylation sites is 1. The van der Waals surface area contributed by atoms with Crippen molar-refractivity contribution in [3.63, 3.8) is 0 Å². The van der Waals surface area contributed by atoms with Gasteiger partial charge in [0.2, 0.25) is 0 Å². The smallest absolute Gasteiger partial charge is 0.0744 e. The van der Waals surface area contributed by atoms with Crippen LogP contribution in [0, 0.1) is 13.8 Å². The maximum absolute atomic E-state index is 6.37. The van der Waals surface area contributed by atoms with Crippen molar-refractivity contribution >= 4 is 10.9 Å². The molecule has 1 aromatic carbocycles. The van der Waals surface area contributed by atoms with E-state index in [4.69, 9.17) is 10.7 Å². The largest absolute Gasteiger partial charge is 0.319 e. The summed E-state index contributed by atoms with van der Waals surface area (Å²) in [5.74, 6) is 0. The van der Waals surface area contributed by atoms with Crippen molar-refractivity contribution in [2.24, 2.45) is 5.73 Å². The fourth-order valence-electron chi connectivity index (χ4n) is 2.50. The molecule has 100 valence electrons. The zero-order valence-corrected chi connectivity index (χ0v) is 11.7. The van der Waals surface area contributed by atoms with E-state index in [2.05, 4.69) is 24.0 Å². The molecule has 3 aromatic rings. The molecule has 0 fully saturated rings. The molecule has 0 aliphatic carbocycles. The fraction of sp³-hybridized carbons (Fsp3) is 0.176. The summed E-state index contributed by atoms with van der Waals surface area (Å²) in [6, 6.07) is 11.9. The van der Waals surface area contributed by atoms with E-state index in [9.17, 15) is 0 Å². The van der Waals surface area contributed by atoms with E-state index in [1.165, 1.54) is 10.9 Å². The summed E-state index contributed by atoms with van der Waals surface area (Å²) in [6.45, 7) is 4.14. The second-order valence-electron chi connectivity index (χ2n) is 5.09. The Bertz CT molecular complexity index is 765. The average Bonchev–Trinajstić information content (AvgIpc) is 2.47. The Balaban J connectivity index is 2.13. The minimum Gasteiger partial charge on any atom is -0.319 e. The third-order valence-electron chi connectivity index (χ3n) is 3.68. The van der Waals surface area contributed by atoms with E-state index in [1.807, 2.05) is 37.4 Å². The Hall–Kier alpha value is -2.26. The number of pyridine rings is 2. The second-order valence-corrected chi connectivity index (χ2v) is 5.09. The highest BCUT2D eigenvalue weighted by Gasteiger charge is 2.14. The van der Waals surface area contributed by atoms with Gasteiger partial charge in [-0.25, -0.2) is 0 Å². The minimum atomic E-state index is -0.244. The van der Waals surface area contributed by atoms with Crippen LogP contribution in [0.25, 0.3) is 10.9 Å². The van der Waals surface area contributed by atoms with Crippen LogP contribution in [0.2, 0.25) is 0 Å². The Kier molecular flexibility index (Phi) is 3.20. The lowest BCUT2D eigenvalue weighted by atomic mass is 9.99. The van der Waals surface area contributed by atoms with E-state index in [-0.39, 0.29) is 6.04 Å². The van der Waals surface area contributed by atoms with Gasteiger partial charge in [-0.05, 0) is 48.7 Å². The van der Waals surface area contributed by atoms with Crippen LogP contribution in [0.5, 0.6) is 0 Å². The second kappa shape index (κ2) is 5.02. The summed E-state index contributed by atoms with van der Waals surface area (Å²) in [7, 11) is 0. The number of fused-ring (bicyclic) bond motifs is 1. The predicted octanol–water partition coefficient (Wildman–Crippen LogP) is 3.29. The highest BCUT2D eigenvalue weighted by Crippen LogP contribution is 2.24. The first-order valence-corrected chi connectivity index (χ1v) is 6.69. The van der Waals surface area contributed by atoms with Gasteiger partial charge in [0.05, 0.1) is 17.3 Å². The summed E-state index contributed by atoms with van der Waals surface area (Å²) < 4.78 is 0. The summed E-state index contributed by atoms with van der Waals surface area (Å²) in [5.41, 5.74) is 11.6. The molecule has 3 heteroatoms. The molecule has 3 rings (SSSR count). The summed E-state index contributed by atoms with van der Waals surface area (Å²) in [6.07, 6.45) is 3.61. The van der Waals surface area contributed by atoms with Crippen molar-refractivity contribution in [2.75, 3.05) is 0 Å². The maximum atomic E-state index is 6.37. The Morgan fingerprint density at radius 1 is 1.05 bits per heavy atom. The van der Waals surface area contributed by atoms with Gasteiger partial charge < -0.3 is 5.73 Å².